The first-order valence-corrected chi connectivity index (χ1v) is 3.98. The Balaban J connectivity index is 0.000000720. The van der Waals surface area contributed by atoms with E-state index in [0.29, 0.717) is 0 Å². The number of carbonyl (C=O) groups is 1. The van der Waals surface area contributed by atoms with Crippen LogP contribution in [0.1, 0.15) is 6.42 Å². The summed E-state index contributed by atoms with van der Waals surface area (Å²) < 4.78 is 5.34. The number of carbonyl (C=O) groups excluding carboxylic acids is 1. The van der Waals surface area contributed by atoms with E-state index in [-0.39, 0.29) is 49.5 Å². The molecule has 2 saturated heterocycles. The van der Waals surface area contributed by atoms with Gasteiger partial charge in [-0.1, -0.05) is 0 Å². The monoisotopic (exact) mass is 228 g/mol. The van der Waals surface area contributed by atoms with Crippen molar-refractivity contribution in [3.05, 3.63) is 0 Å². The summed E-state index contributed by atoms with van der Waals surface area (Å²) in [5, 5.41) is 6.10. The molecule has 13 heavy (non-hydrogen) atoms. The molecule has 2 N–H and O–H groups in total. The number of morpholine rings is 1. The Bertz CT molecular complexity index is 180. The first kappa shape index (κ1) is 13.0. The fourth-order valence-corrected chi connectivity index (χ4v) is 1.61. The Hall–Kier alpha value is -0.0300. The lowest BCUT2D eigenvalue weighted by atomic mass is 10.0. The van der Waals surface area contributed by atoms with Gasteiger partial charge in [0.15, 0.2) is 0 Å². The van der Waals surface area contributed by atoms with Crippen LogP contribution in [-0.4, -0.2) is 37.7 Å². The zero-order valence-electron chi connectivity index (χ0n) is 7.12. The first-order chi connectivity index (χ1) is 5.36. The minimum absolute atomic E-state index is 0. The molecule has 2 aliphatic rings. The lowest BCUT2D eigenvalue weighted by Crippen LogP contribution is -2.59. The standard InChI is InChI=1S/C7H12N2O2.2ClH/c10-7-4-11-6-1-2-8-3-5(6)9-7;;/h5-6,8H,1-4H2,(H,9,10);2*1H/t5-,6+;;/m1../s1. The SMILES string of the molecule is Cl.Cl.O=C1CO[C@H]2CCNC[C@H]2N1. The molecule has 0 radical (unpaired) electrons. The average molecular weight is 229 g/mol. The molecule has 0 spiro atoms. The highest BCUT2D eigenvalue weighted by Crippen LogP contribution is 2.11. The van der Waals surface area contributed by atoms with E-state index in [2.05, 4.69) is 10.6 Å². The molecule has 1 amide bonds. The summed E-state index contributed by atoms with van der Waals surface area (Å²) in [5.74, 6) is 0.00921. The molecule has 2 aliphatic heterocycles. The van der Waals surface area contributed by atoms with Gasteiger partial charge in [0.25, 0.3) is 0 Å². The molecule has 2 heterocycles. The minimum Gasteiger partial charge on any atom is -0.366 e. The zero-order valence-corrected chi connectivity index (χ0v) is 8.75. The van der Waals surface area contributed by atoms with Crippen molar-refractivity contribution in [3.8, 4) is 0 Å². The number of halogens is 2. The van der Waals surface area contributed by atoms with Crippen molar-refractivity contribution in [2.24, 2.45) is 0 Å². The molecule has 0 aromatic carbocycles. The molecular formula is C7H14Cl2N2O2. The van der Waals surface area contributed by atoms with E-state index >= 15 is 0 Å². The van der Waals surface area contributed by atoms with E-state index in [1.54, 1.807) is 0 Å². The number of rotatable bonds is 0. The number of hydrogen-bond donors (Lipinski definition) is 2. The van der Waals surface area contributed by atoms with Crippen molar-refractivity contribution < 1.29 is 9.53 Å². The molecule has 0 saturated carbocycles. The highest BCUT2D eigenvalue weighted by Gasteiger charge is 2.31. The van der Waals surface area contributed by atoms with Crippen molar-refractivity contribution >= 4 is 30.7 Å². The Morgan fingerprint density at radius 2 is 2.15 bits per heavy atom. The van der Waals surface area contributed by atoms with Crippen LogP contribution in [0.15, 0.2) is 0 Å². The van der Waals surface area contributed by atoms with E-state index in [9.17, 15) is 4.79 Å². The van der Waals surface area contributed by atoms with Crippen LogP contribution in [0.3, 0.4) is 0 Å². The predicted molar refractivity (Wildman–Crippen MR) is 53.7 cm³/mol. The highest BCUT2D eigenvalue weighted by atomic mass is 35.5. The lowest BCUT2D eigenvalue weighted by molar-refractivity contribution is -0.138. The number of nitrogens with one attached hydrogen (secondary N) is 2. The number of amides is 1. The maximum atomic E-state index is 10.9. The molecule has 2 fully saturated rings. The third-order valence-electron chi connectivity index (χ3n) is 2.19. The van der Waals surface area contributed by atoms with Gasteiger partial charge in [0.2, 0.25) is 5.91 Å². The topological polar surface area (TPSA) is 50.4 Å². The molecule has 2 rings (SSSR count). The van der Waals surface area contributed by atoms with Crippen molar-refractivity contribution in [2.45, 2.75) is 18.6 Å². The van der Waals surface area contributed by atoms with Crippen molar-refractivity contribution in [1.82, 2.24) is 10.6 Å². The van der Waals surface area contributed by atoms with E-state index < -0.39 is 0 Å². The van der Waals surface area contributed by atoms with Crippen LogP contribution in [0.4, 0.5) is 0 Å². The second-order valence-electron chi connectivity index (χ2n) is 3.02. The lowest BCUT2D eigenvalue weighted by Gasteiger charge is -2.35. The Labute approximate surface area is 89.6 Å². The molecule has 0 aromatic heterocycles. The quantitative estimate of drug-likeness (QED) is 0.600. The fourth-order valence-electron chi connectivity index (χ4n) is 1.61. The largest absolute Gasteiger partial charge is 0.366 e. The summed E-state index contributed by atoms with van der Waals surface area (Å²) in [6.45, 7) is 2.08. The van der Waals surface area contributed by atoms with Crippen LogP contribution >= 0.6 is 24.8 Å². The normalized spacial score (nSPS) is 31.8. The van der Waals surface area contributed by atoms with Crippen LogP contribution < -0.4 is 10.6 Å². The van der Waals surface area contributed by atoms with Crippen molar-refractivity contribution in [1.29, 1.82) is 0 Å². The maximum absolute atomic E-state index is 10.9. The molecule has 0 aliphatic carbocycles. The molecule has 6 heteroatoms. The van der Waals surface area contributed by atoms with Crippen LogP contribution in [0, 0.1) is 0 Å². The predicted octanol–water partition coefficient (Wildman–Crippen LogP) is -0.293. The second kappa shape index (κ2) is 5.65. The highest BCUT2D eigenvalue weighted by molar-refractivity contribution is 5.85. The van der Waals surface area contributed by atoms with Gasteiger partial charge in [0, 0.05) is 6.54 Å². The van der Waals surface area contributed by atoms with E-state index in [1.165, 1.54) is 0 Å². The van der Waals surface area contributed by atoms with Gasteiger partial charge in [0.05, 0.1) is 12.1 Å². The maximum Gasteiger partial charge on any atom is 0.246 e. The molecule has 0 unspecified atom stereocenters. The van der Waals surface area contributed by atoms with Gasteiger partial charge in [-0.25, -0.2) is 0 Å². The van der Waals surface area contributed by atoms with Gasteiger partial charge in [0.1, 0.15) is 6.61 Å². The van der Waals surface area contributed by atoms with E-state index in [0.717, 1.165) is 19.5 Å². The van der Waals surface area contributed by atoms with Gasteiger partial charge < -0.3 is 15.4 Å². The minimum atomic E-state index is 0. The Morgan fingerprint density at radius 1 is 1.38 bits per heavy atom. The van der Waals surface area contributed by atoms with Crippen molar-refractivity contribution in [3.63, 3.8) is 0 Å². The summed E-state index contributed by atoms with van der Waals surface area (Å²) in [7, 11) is 0. The third kappa shape index (κ3) is 2.98. The Morgan fingerprint density at radius 3 is 2.92 bits per heavy atom. The summed E-state index contributed by atoms with van der Waals surface area (Å²) in [4.78, 5) is 10.9. The molecule has 0 aromatic rings. The summed E-state index contributed by atoms with van der Waals surface area (Å²) in [5.41, 5.74) is 0. The summed E-state index contributed by atoms with van der Waals surface area (Å²) in [6.07, 6.45) is 1.25. The molecule has 78 valence electrons. The fraction of sp³-hybridized carbons (Fsp3) is 0.857. The molecule has 4 nitrogen and oxygen atoms in total. The van der Waals surface area contributed by atoms with Crippen molar-refractivity contribution in [2.75, 3.05) is 19.7 Å². The first-order valence-electron chi connectivity index (χ1n) is 3.98. The van der Waals surface area contributed by atoms with E-state index in [1.807, 2.05) is 0 Å². The second-order valence-corrected chi connectivity index (χ2v) is 3.02. The van der Waals surface area contributed by atoms with Gasteiger partial charge in [-0.15, -0.1) is 24.8 Å². The van der Waals surface area contributed by atoms with Gasteiger partial charge in [-0.05, 0) is 13.0 Å². The zero-order chi connectivity index (χ0) is 7.68. The Kier molecular flexibility index (Phi) is 5.64. The molecule has 0 bridgehead atoms. The number of ether oxygens (including phenoxy) is 1. The smallest absolute Gasteiger partial charge is 0.246 e. The van der Waals surface area contributed by atoms with Crippen LogP contribution in [0.5, 0.6) is 0 Å². The third-order valence-corrected chi connectivity index (χ3v) is 2.19. The summed E-state index contributed by atoms with van der Waals surface area (Å²) >= 11 is 0. The van der Waals surface area contributed by atoms with E-state index in [4.69, 9.17) is 4.74 Å². The van der Waals surface area contributed by atoms with Gasteiger partial charge in [-0.2, -0.15) is 0 Å². The average Bonchev–Trinajstić information content (AvgIpc) is 2.04. The molecular weight excluding hydrogens is 215 g/mol. The van der Waals surface area contributed by atoms with Crippen LogP contribution in [0.25, 0.3) is 0 Å². The summed E-state index contributed by atoms with van der Waals surface area (Å²) in [6, 6.07) is 0.199. The van der Waals surface area contributed by atoms with Gasteiger partial charge >= 0.3 is 0 Å². The van der Waals surface area contributed by atoms with Crippen LogP contribution in [0.2, 0.25) is 0 Å². The van der Waals surface area contributed by atoms with Gasteiger partial charge in [-0.3, -0.25) is 4.79 Å². The number of piperidine rings is 1. The number of fused-ring (bicyclic) bond motifs is 1. The number of hydrogen-bond acceptors (Lipinski definition) is 3. The molecule has 2 atom stereocenters. The van der Waals surface area contributed by atoms with Crippen LogP contribution in [-0.2, 0) is 9.53 Å².